The van der Waals surface area contributed by atoms with E-state index in [1.165, 1.54) is 10.6 Å². The Labute approximate surface area is 182 Å². The van der Waals surface area contributed by atoms with Crippen LogP contribution in [0.2, 0.25) is 0 Å². The van der Waals surface area contributed by atoms with E-state index in [2.05, 4.69) is 20.6 Å². The van der Waals surface area contributed by atoms with Crippen molar-refractivity contribution in [3.8, 4) is 0 Å². The van der Waals surface area contributed by atoms with Gasteiger partial charge in [0, 0.05) is 18.5 Å². The van der Waals surface area contributed by atoms with Crippen LogP contribution in [0.5, 0.6) is 0 Å². The fraction of sp³-hybridized carbons (Fsp3) is 0.429. The Kier molecular flexibility index (Phi) is 6.06. The first-order valence-corrected chi connectivity index (χ1v) is 10.5. The third-order valence-electron chi connectivity index (χ3n) is 5.68. The molecule has 1 atom stereocenters. The molecule has 4 rings (SSSR count). The fourth-order valence-corrected chi connectivity index (χ4v) is 4.04. The maximum atomic E-state index is 13.5. The highest BCUT2D eigenvalue weighted by Gasteiger charge is 2.33. The van der Waals surface area contributed by atoms with Gasteiger partial charge >= 0.3 is 0 Å². The van der Waals surface area contributed by atoms with E-state index in [1.807, 2.05) is 0 Å². The summed E-state index contributed by atoms with van der Waals surface area (Å²) in [5.41, 5.74) is 12.9. The molecule has 0 bridgehead atoms. The Morgan fingerprint density at radius 2 is 2.06 bits per heavy atom. The minimum absolute atomic E-state index is 0.00698. The molecule has 2 aliphatic rings. The van der Waals surface area contributed by atoms with Crippen LogP contribution in [0.25, 0.3) is 16.9 Å². The van der Waals surface area contributed by atoms with Crippen LogP contribution in [-0.2, 0) is 9.59 Å². The van der Waals surface area contributed by atoms with Gasteiger partial charge in [0.25, 0.3) is 6.43 Å². The van der Waals surface area contributed by atoms with Gasteiger partial charge in [0.1, 0.15) is 17.7 Å². The summed E-state index contributed by atoms with van der Waals surface area (Å²) in [6.45, 7) is 0. The van der Waals surface area contributed by atoms with Gasteiger partial charge < -0.3 is 22.1 Å². The van der Waals surface area contributed by atoms with E-state index in [1.54, 1.807) is 24.3 Å². The molecule has 0 spiro atoms. The Morgan fingerprint density at radius 1 is 1.31 bits per heavy atom. The highest BCUT2D eigenvalue weighted by atomic mass is 19.3. The average molecular weight is 445 g/mol. The molecule has 6 N–H and O–H groups in total. The number of rotatable bonds is 6. The van der Waals surface area contributed by atoms with Crippen LogP contribution in [0, 0.1) is 0 Å². The van der Waals surface area contributed by atoms with Crippen molar-refractivity contribution in [1.82, 2.24) is 20.2 Å². The lowest BCUT2D eigenvalue weighted by Gasteiger charge is -2.35. The summed E-state index contributed by atoms with van der Waals surface area (Å²) in [6, 6.07) is 6.05. The molecule has 1 saturated carbocycles. The van der Waals surface area contributed by atoms with Gasteiger partial charge in [0.05, 0.1) is 17.1 Å². The van der Waals surface area contributed by atoms with E-state index in [-0.39, 0.29) is 35.6 Å². The second-order valence-electron chi connectivity index (χ2n) is 8.06. The molecule has 1 unspecified atom stereocenters. The number of alkyl halides is 2. The minimum atomic E-state index is -2.81. The lowest BCUT2D eigenvalue weighted by Crippen LogP contribution is -2.54. The molecular weight excluding hydrogens is 420 g/mol. The summed E-state index contributed by atoms with van der Waals surface area (Å²) in [5.74, 6) is -0.657. The molecule has 1 aliphatic heterocycles. The predicted octanol–water partition coefficient (Wildman–Crippen LogP) is 1.40. The van der Waals surface area contributed by atoms with Gasteiger partial charge in [-0.3, -0.25) is 19.1 Å². The Bertz CT molecular complexity index is 1090. The van der Waals surface area contributed by atoms with Gasteiger partial charge in [0.2, 0.25) is 11.8 Å². The Hall–Kier alpha value is -3.50. The van der Waals surface area contributed by atoms with Crippen molar-refractivity contribution in [3.63, 3.8) is 0 Å². The topological polar surface area (TPSA) is 140 Å². The molecule has 0 radical (unpaired) electrons. The average Bonchev–Trinajstić information content (AvgIpc) is 3.12. The smallest absolute Gasteiger partial charge is 0.296 e. The van der Waals surface area contributed by atoms with Crippen molar-refractivity contribution in [2.45, 2.75) is 56.7 Å². The summed E-state index contributed by atoms with van der Waals surface area (Å²) in [5, 5.41) is 5.61. The van der Waals surface area contributed by atoms with Crippen LogP contribution >= 0.6 is 0 Å². The van der Waals surface area contributed by atoms with Crippen LogP contribution in [0.1, 0.15) is 44.4 Å². The van der Waals surface area contributed by atoms with Gasteiger partial charge in [-0.2, -0.15) is 0 Å². The summed E-state index contributed by atoms with van der Waals surface area (Å²) < 4.78 is 28.1. The van der Waals surface area contributed by atoms with E-state index < -0.39 is 18.3 Å². The van der Waals surface area contributed by atoms with Crippen molar-refractivity contribution < 1.29 is 18.4 Å². The van der Waals surface area contributed by atoms with Crippen molar-refractivity contribution in [1.29, 1.82) is 0 Å². The van der Waals surface area contributed by atoms with Gasteiger partial charge in [-0.1, -0.05) is 12.1 Å². The zero-order valence-electron chi connectivity index (χ0n) is 17.3. The lowest BCUT2D eigenvalue weighted by atomic mass is 9.86. The van der Waals surface area contributed by atoms with E-state index >= 15 is 0 Å². The number of hydrogen-bond donors (Lipinski definition) is 4. The number of aromatic nitrogens is 2. The number of fused-ring (bicyclic) bond motifs is 1. The van der Waals surface area contributed by atoms with E-state index in [0.717, 1.165) is 0 Å². The summed E-state index contributed by atoms with van der Waals surface area (Å²) in [4.78, 5) is 32.0. The lowest BCUT2D eigenvalue weighted by molar-refractivity contribution is -0.131. The quantitative estimate of drug-likeness (QED) is 0.393. The normalized spacial score (nSPS) is 24.3. The number of amidine groups is 1. The monoisotopic (exact) mass is 445 g/mol. The van der Waals surface area contributed by atoms with Gasteiger partial charge in [-0.05, 0) is 37.8 Å². The highest BCUT2D eigenvalue weighted by molar-refractivity contribution is 5.96. The molecule has 2 aromatic rings. The fourth-order valence-electron chi connectivity index (χ4n) is 4.04. The molecule has 2 amide bonds. The van der Waals surface area contributed by atoms with Crippen molar-refractivity contribution >= 4 is 34.5 Å². The minimum Gasteiger partial charge on any atom is -0.385 e. The molecule has 1 aromatic heterocycles. The largest absolute Gasteiger partial charge is 0.385 e. The number of para-hydroxylation sites is 2. The molecule has 1 aliphatic carbocycles. The first-order valence-electron chi connectivity index (χ1n) is 10.5. The second kappa shape index (κ2) is 8.93. The van der Waals surface area contributed by atoms with Crippen molar-refractivity contribution in [2.75, 3.05) is 0 Å². The van der Waals surface area contributed by atoms with Crippen LogP contribution in [-0.4, -0.2) is 45.3 Å². The molecule has 170 valence electrons. The number of hydrogen-bond acceptors (Lipinski definition) is 5. The Morgan fingerprint density at radius 3 is 2.78 bits per heavy atom. The van der Waals surface area contributed by atoms with Crippen molar-refractivity contribution in [2.24, 2.45) is 16.5 Å². The number of amides is 2. The molecule has 11 heteroatoms. The van der Waals surface area contributed by atoms with E-state index in [0.29, 0.717) is 43.1 Å². The van der Waals surface area contributed by atoms with E-state index in [4.69, 9.17) is 11.5 Å². The molecule has 32 heavy (non-hydrogen) atoms. The first-order chi connectivity index (χ1) is 15.3. The number of carbonyl (C=O) groups is 2. The number of imidazole rings is 1. The highest BCUT2D eigenvalue weighted by Crippen LogP contribution is 2.27. The third-order valence-corrected chi connectivity index (χ3v) is 5.68. The van der Waals surface area contributed by atoms with Crippen LogP contribution < -0.4 is 22.1 Å². The third kappa shape index (κ3) is 4.56. The van der Waals surface area contributed by atoms with Gasteiger partial charge in [0.15, 0.2) is 5.82 Å². The number of nitrogens with two attached hydrogens (primary N) is 2. The maximum absolute atomic E-state index is 13.5. The predicted molar refractivity (Wildman–Crippen MR) is 116 cm³/mol. The van der Waals surface area contributed by atoms with E-state index in [9.17, 15) is 18.4 Å². The van der Waals surface area contributed by atoms with Gasteiger partial charge in [-0.15, -0.1) is 0 Å². The number of carbonyl (C=O) groups excluding carboxylic acids is 2. The van der Waals surface area contributed by atoms with Gasteiger partial charge in [-0.25, -0.2) is 13.8 Å². The number of piperidine rings is 1. The molecule has 1 saturated heterocycles. The number of nitrogens with one attached hydrogen (secondary N) is 2. The SMILES string of the molecule is NC(/C=C(\N)n1c(C(F)F)nc2ccccc21)=NC1CC(NC(=O)C2CCCC(=O)N2)C1. The zero-order valence-corrected chi connectivity index (χ0v) is 17.3. The standard InChI is InChI=1S/C21H25F2N7O2/c22-19(23)20-29-13-4-1-2-6-15(13)30(20)17(25)10-16(24)26-11-8-12(9-11)27-21(32)14-5-3-7-18(31)28-14/h1-2,4,6,10-12,14,19H,3,5,7-9,25H2,(H2,24,26)(H,27,32)(H,28,31)/b17-10+. The van der Waals surface area contributed by atoms with Crippen molar-refractivity contribution in [3.05, 3.63) is 36.2 Å². The summed E-state index contributed by atoms with van der Waals surface area (Å²) in [7, 11) is 0. The Balaban J connectivity index is 1.38. The maximum Gasteiger partial charge on any atom is 0.296 e. The van der Waals surface area contributed by atoms with Crippen LogP contribution in [0.15, 0.2) is 35.3 Å². The summed E-state index contributed by atoms with van der Waals surface area (Å²) >= 11 is 0. The number of aliphatic imine (C=N–C) groups is 1. The van der Waals surface area contributed by atoms with Crippen LogP contribution in [0.3, 0.4) is 0 Å². The number of halogens is 2. The molecule has 9 nitrogen and oxygen atoms in total. The molecular formula is C21H25F2N7O2. The summed E-state index contributed by atoms with van der Waals surface area (Å²) in [6.07, 6.45) is 1.50. The molecule has 2 heterocycles. The molecule has 2 fully saturated rings. The zero-order chi connectivity index (χ0) is 22.8. The van der Waals surface area contributed by atoms with Crippen LogP contribution in [0.4, 0.5) is 8.78 Å². The second-order valence-corrected chi connectivity index (χ2v) is 8.06. The number of benzene rings is 1. The number of nitrogens with zero attached hydrogens (tertiary/aromatic N) is 3. The first kappa shape index (κ1) is 21.7. The molecule has 1 aromatic carbocycles.